The first-order valence-electron chi connectivity index (χ1n) is 6.88. The summed E-state index contributed by atoms with van der Waals surface area (Å²) in [4.78, 5) is 17.0. The minimum Gasteiger partial charge on any atom is -0.464 e. The Labute approximate surface area is 191 Å². The van der Waals surface area contributed by atoms with Crippen LogP contribution in [0.1, 0.15) is 5.69 Å². The summed E-state index contributed by atoms with van der Waals surface area (Å²) in [6.45, 7) is 0. The molecule has 0 unspecified atom stereocenters. The Morgan fingerprint density at radius 2 is 1.40 bits per heavy atom. The lowest BCUT2D eigenvalue weighted by Gasteiger charge is -2.06. The maximum absolute atomic E-state index is 11.9. The Bertz CT molecular complexity index is 905. The van der Waals surface area contributed by atoms with E-state index in [1.165, 1.54) is 6.07 Å². The van der Waals surface area contributed by atoms with Crippen molar-refractivity contribution < 1.29 is 43.8 Å². The third kappa shape index (κ3) is 10.2. The zero-order chi connectivity index (χ0) is 23.8. The lowest BCUT2D eigenvalue weighted by Crippen LogP contribution is -2.36. The van der Waals surface area contributed by atoms with Gasteiger partial charge in [-0.05, 0) is 72.1 Å². The first kappa shape index (κ1) is 28.7. The summed E-state index contributed by atoms with van der Waals surface area (Å²) in [5.74, 6) is -2.44. The van der Waals surface area contributed by atoms with Crippen molar-refractivity contribution in [3.8, 4) is 0 Å². The number of hydrogen-bond acceptors (Lipinski definition) is 6. The summed E-state index contributed by atoms with van der Waals surface area (Å²) >= 11 is 9.46. The van der Waals surface area contributed by atoms with Gasteiger partial charge in [0.25, 0.3) is 0 Å². The first-order valence-corrected chi connectivity index (χ1v) is 10.6. The van der Waals surface area contributed by atoms with Gasteiger partial charge in [0.15, 0.2) is 0 Å². The topological polar surface area (TPSA) is 86.2 Å². The Hall–Kier alpha value is -1.26. The molecule has 30 heavy (non-hydrogen) atoms. The molecule has 0 aliphatic carbocycles. The summed E-state index contributed by atoms with van der Waals surface area (Å²) in [7, 11) is -5.71. The van der Waals surface area contributed by atoms with Crippen LogP contribution >= 0.6 is 47.8 Å². The van der Waals surface area contributed by atoms with Crippen molar-refractivity contribution in [1.29, 1.82) is 0 Å². The molecule has 0 spiro atoms. The van der Waals surface area contributed by atoms with E-state index in [0.29, 0.717) is 11.6 Å². The fraction of sp³-hybridized carbons (Fsp3) is 0.214. The monoisotopic (exact) mass is 652 g/mol. The van der Waals surface area contributed by atoms with Crippen molar-refractivity contribution in [3.63, 3.8) is 0 Å². The van der Waals surface area contributed by atoms with Crippen LogP contribution in [0, 0.1) is 0 Å². The largest absolute Gasteiger partial charge is 0.470 e. The van der Waals surface area contributed by atoms with E-state index < -0.39 is 33.3 Å². The molecule has 0 bridgehead atoms. The van der Waals surface area contributed by atoms with Crippen LogP contribution in [0.15, 0.2) is 50.2 Å². The third-order valence-corrected chi connectivity index (χ3v) is 4.62. The molecule has 2 aromatic heterocycles. The van der Waals surface area contributed by atoms with E-state index in [1.807, 2.05) is 12.1 Å². The highest BCUT2D eigenvalue weighted by molar-refractivity contribution is 9.11. The number of ether oxygens (including phenoxy) is 1. The van der Waals surface area contributed by atoms with Crippen LogP contribution in [-0.4, -0.2) is 36.7 Å². The van der Waals surface area contributed by atoms with Gasteiger partial charge in [-0.15, -0.1) is 0 Å². The smallest absolute Gasteiger partial charge is 0.464 e. The highest BCUT2D eigenvalue weighted by atomic mass is 79.9. The zero-order valence-corrected chi connectivity index (χ0v) is 19.9. The molecule has 0 atom stereocenters. The van der Waals surface area contributed by atoms with Crippen molar-refractivity contribution in [2.45, 2.75) is 11.4 Å². The third-order valence-electron chi connectivity index (χ3n) is 2.44. The standard InChI is InChI=1S/C6H3BrF3N.C5H3Br2N.C3H3F3O4S/c7-4-1-2-5(11-3-4)6(8,9)10;6-4-1-2-5(7)8-3-4;1-10-2(7)3(4,5)11(6,8)9/h1-3H;1-3H;1H3. The van der Waals surface area contributed by atoms with E-state index in [4.69, 9.17) is 0 Å². The van der Waals surface area contributed by atoms with Crippen molar-refractivity contribution in [2.24, 2.45) is 0 Å². The molecule has 2 rings (SSSR count). The van der Waals surface area contributed by atoms with Gasteiger partial charge in [-0.1, -0.05) is 3.89 Å². The SMILES string of the molecule is Brc1ccc(Br)nc1.COC(=O)C(F)(F)S(=O)(=O)F.FC(F)(F)c1ccc(Br)cn1. The number of carbonyl (C=O) groups is 1. The highest BCUT2D eigenvalue weighted by Crippen LogP contribution is 2.27. The van der Waals surface area contributed by atoms with E-state index in [9.17, 15) is 39.1 Å². The Balaban J connectivity index is 0.000000426. The normalized spacial score (nSPS) is 11.4. The molecule has 2 heterocycles. The average molecular weight is 655 g/mol. The molecule has 0 aromatic carbocycles. The minimum absolute atomic E-state index is 0.515. The summed E-state index contributed by atoms with van der Waals surface area (Å²) in [6, 6.07) is 6.03. The van der Waals surface area contributed by atoms with Crippen molar-refractivity contribution in [2.75, 3.05) is 7.11 Å². The van der Waals surface area contributed by atoms with Crippen LogP contribution < -0.4 is 0 Å². The second-order valence-corrected chi connectivity index (χ2v) is 8.64. The van der Waals surface area contributed by atoms with Gasteiger partial charge in [-0.25, -0.2) is 9.78 Å². The maximum Gasteiger partial charge on any atom is 0.470 e. The Morgan fingerprint density at radius 1 is 0.933 bits per heavy atom. The maximum atomic E-state index is 11.9. The van der Waals surface area contributed by atoms with Crippen LogP contribution in [0.3, 0.4) is 0 Å². The quantitative estimate of drug-likeness (QED) is 0.184. The van der Waals surface area contributed by atoms with Gasteiger partial charge in [-0.3, -0.25) is 4.98 Å². The molecular weight excluding hydrogens is 646 g/mol. The molecule has 168 valence electrons. The van der Waals surface area contributed by atoms with Crippen molar-refractivity contribution in [3.05, 3.63) is 55.9 Å². The molecule has 0 aliphatic heterocycles. The molecule has 0 saturated carbocycles. The molecule has 6 nitrogen and oxygen atoms in total. The van der Waals surface area contributed by atoms with Gasteiger partial charge in [0.2, 0.25) is 0 Å². The molecule has 0 aliphatic rings. The number of pyridine rings is 2. The second kappa shape index (κ2) is 12.0. The van der Waals surface area contributed by atoms with Gasteiger partial charge in [0.05, 0.1) is 7.11 Å². The van der Waals surface area contributed by atoms with Crippen LogP contribution in [0.2, 0.25) is 0 Å². The Kier molecular flexibility index (Phi) is 11.4. The lowest BCUT2D eigenvalue weighted by atomic mass is 10.3. The van der Waals surface area contributed by atoms with E-state index in [-0.39, 0.29) is 0 Å². The van der Waals surface area contributed by atoms with Crippen LogP contribution in [0.25, 0.3) is 0 Å². The number of esters is 1. The summed E-state index contributed by atoms with van der Waals surface area (Å²) < 4.78 is 95.6. The fourth-order valence-corrected chi connectivity index (χ4v) is 2.11. The van der Waals surface area contributed by atoms with E-state index >= 15 is 0 Å². The van der Waals surface area contributed by atoms with Crippen LogP contribution in [0.5, 0.6) is 0 Å². The number of methoxy groups -OCH3 is 1. The summed E-state index contributed by atoms with van der Waals surface area (Å²) in [6.07, 6.45) is -1.49. The summed E-state index contributed by atoms with van der Waals surface area (Å²) in [5, 5.41) is -5.11. The molecule has 0 radical (unpaired) electrons. The molecule has 2 aromatic rings. The fourth-order valence-electron chi connectivity index (χ4n) is 1.12. The molecule has 0 fully saturated rings. The van der Waals surface area contributed by atoms with Crippen LogP contribution in [-0.2, 0) is 25.9 Å². The van der Waals surface area contributed by atoms with Crippen molar-refractivity contribution >= 4 is 64.0 Å². The highest BCUT2D eigenvalue weighted by Gasteiger charge is 2.55. The number of rotatable bonds is 2. The minimum atomic E-state index is -6.22. The number of aromatic nitrogens is 2. The van der Waals surface area contributed by atoms with Gasteiger partial charge in [0.1, 0.15) is 10.3 Å². The molecule has 0 amide bonds. The first-order chi connectivity index (χ1) is 13.5. The Morgan fingerprint density at radius 3 is 1.63 bits per heavy atom. The number of halogens is 9. The number of carbonyl (C=O) groups excluding carboxylic acids is 1. The predicted octanol–water partition coefficient (Wildman–Crippen LogP) is 5.52. The molecule has 0 saturated heterocycles. The molecule has 0 N–H and O–H groups in total. The lowest BCUT2D eigenvalue weighted by molar-refractivity contribution is -0.157. The summed E-state index contributed by atoms with van der Waals surface area (Å²) in [5.41, 5.74) is -0.874. The predicted molar refractivity (Wildman–Crippen MR) is 104 cm³/mol. The molecular formula is C14H9Br3F6N2O4S. The van der Waals surface area contributed by atoms with Crippen molar-refractivity contribution in [1.82, 2.24) is 9.97 Å². The van der Waals surface area contributed by atoms with Gasteiger partial charge < -0.3 is 4.74 Å². The van der Waals surface area contributed by atoms with Crippen LogP contribution in [0.4, 0.5) is 25.8 Å². The molecule has 16 heteroatoms. The van der Waals surface area contributed by atoms with Gasteiger partial charge >= 0.3 is 27.6 Å². The number of hydrogen-bond donors (Lipinski definition) is 0. The van der Waals surface area contributed by atoms with E-state index in [2.05, 4.69) is 62.5 Å². The number of alkyl halides is 5. The van der Waals surface area contributed by atoms with Gasteiger partial charge in [-0.2, -0.15) is 30.4 Å². The second-order valence-electron chi connectivity index (χ2n) is 4.60. The van der Waals surface area contributed by atoms with E-state index in [1.54, 1.807) is 6.20 Å². The van der Waals surface area contributed by atoms with E-state index in [0.717, 1.165) is 21.3 Å². The van der Waals surface area contributed by atoms with Gasteiger partial charge in [0, 0.05) is 21.3 Å². The average Bonchev–Trinajstić information content (AvgIpc) is 2.63. The zero-order valence-electron chi connectivity index (χ0n) is 14.3. The number of nitrogens with zero attached hydrogens (tertiary/aromatic N) is 2.